The molecule has 2 aromatic rings. The minimum Gasteiger partial charge on any atom is -0.463 e. The maximum absolute atomic E-state index is 13.3. The highest BCUT2D eigenvalue weighted by Crippen LogP contribution is 2.38. The zero-order valence-corrected chi connectivity index (χ0v) is 19.4. The Morgan fingerprint density at radius 1 is 0.968 bits per heavy atom. The molecule has 31 heavy (non-hydrogen) atoms. The number of esters is 1. The van der Waals surface area contributed by atoms with Crippen LogP contribution in [0, 0.1) is 5.41 Å². The molecule has 1 heterocycles. The molecule has 0 N–H and O–H groups in total. The fourth-order valence-electron chi connectivity index (χ4n) is 4.06. The highest BCUT2D eigenvalue weighted by molar-refractivity contribution is 6.36. The van der Waals surface area contributed by atoms with Crippen molar-refractivity contribution in [1.29, 1.82) is 0 Å². The molecule has 166 valence electrons. The molecule has 0 radical (unpaired) electrons. The SMILES string of the molecule is C=CCN1CCN(CC(C)(C)COC(=O)C(Cl)(c2ccccc2)c2ccccc2)CC1. The lowest BCUT2D eigenvalue weighted by Gasteiger charge is -2.38. The monoisotopic (exact) mass is 440 g/mol. The van der Waals surface area contributed by atoms with Crippen LogP contribution < -0.4 is 0 Å². The molecular formula is C26H33ClN2O2. The quantitative estimate of drug-likeness (QED) is 0.325. The first-order valence-corrected chi connectivity index (χ1v) is 11.3. The largest absolute Gasteiger partial charge is 0.463 e. The van der Waals surface area contributed by atoms with Gasteiger partial charge in [0.15, 0.2) is 4.87 Å². The van der Waals surface area contributed by atoms with Gasteiger partial charge >= 0.3 is 5.97 Å². The van der Waals surface area contributed by atoms with Crippen LogP contribution in [0.2, 0.25) is 0 Å². The summed E-state index contributed by atoms with van der Waals surface area (Å²) in [7, 11) is 0. The molecule has 0 bridgehead atoms. The number of hydrogen-bond donors (Lipinski definition) is 0. The summed E-state index contributed by atoms with van der Waals surface area (Å²) in [6.45, 7) is 14.3. The first-order valence-electron chi connectivity index (χ1n) is 10.9. The smallest absolute Gasteiger partial charge is 0.336 e. The topological polar surface area (TPSA) is 32.8 Å². The van der Waals surface area contributed by atoms with Gasteiger partial charge in [0.05, 0.1) is 6.61 Å². The van der Waals surface area contributed by atoms with Gasteiger partial charge in [-0.1, -0.05) is 92.2 Å². The Kier molecular flexibility index (Phi) is 7.93. The first kappa shape index (κ1) is 23.5. The number of benzene rings is 2. The summed E-state index contributed by atoms with van der Waals surface area (Å²) < 4.78 is 5.86. The van der Waals surface area contributed by atoms with Crippen LogP contribution in [-0.4, -0.2) is 61.6 Å². The lowest BCUT2D eigenvalue weighted by atomic mass is 9.89. The van der Waals surface area contributed by atoms with E-state index in [4.69, 9.17) is 16.3 Å². The van der Waals surface area contributed by atoms with Crippen LogP contribution in [0.4, 0.5) is 0 Å². The number of carbonyl (C=O) groups is 1. The van der Waals surface area contributed by atoms with E-state index in [0.717, 1.165) is 39.3 Å². The second-order valence-corrected chi connectivity index (χ2v) is 9.56. The van der Waals surface area contributed by atoms with Gasteiger partial charge in [-0.05, 0) is 11.1 Å². The Morgan fingerprint density at radius 2 is 1.45 bits per heavy atom. The standard InChI is InChI=1S/C26H33ClN2O2/c1-4-15-28-16-18-29(19-17-28)20-25(2,3)21-31-24(30)26(27,22-11-7-5-8-12-22)23-13-9-6-10-14-23/h4-14H,1,15-21H2,2-3H3. The molecule has 3 rings (SSSR count). The van der Waals surface area contributed by atoms with Crippen molar-refractivity contribution in [3.63, 3.8) is 0 Å². The van der Waals surface area contributed by atoms with Gasteiger partial charge in [-0.15, -0.1) is 6.58 Å². The highest BCUT2D eigenvalue weighted by atomic mass is 35.5. The van der Waals surface area contributed by atoms with Crippen molar-refractivity contribution in [2.24, 2.45) is 5.41 Å². The molecule has 0 atom stereocenters. The van der Waals surface area contributed by atoms with E-state index in [2.05, 4.69) is 30.2 Å². The van der Waals surface area contributed by atoms with E-state index in [1.54, 1.807) is 0 Å². The first-order chi connectivity index (χ1) is 14.8. The molecule has 4 nitrogen and oxygen atoms in total. The maximum Gasteiger partial charge on any atom is 0.336 e. The predicted octanol–water partition coefficient (Wildman–Crippen LogP) is 4.54. The van der Waals surface area contributed by atoms with Gasteiger partial charge in [0.2, 0.25) is 0 Å². The highest BCUT2D eigenvalue weighted by Gasteiger charge is 2.42. The van der Waals surface area contributed by atoms with E-state index in [-0.39, 0.29) is 5.41 Å². The molecule has 1 saturated heterocycles. The summed E-state index contributed by atoms with van der Waals surface area (Å²) in [5.41, 5.74) is 1.24. The van der Waals surface area contributed by atoms with Gasteiger partial charge in [-0.25, -0.2) is 4.79 Å². The van der Waals surface area contributed by atoms with Crippen molar-refractivity contribution in [1.82, 2.24) is 9.80 Å². The van der Waals surface area contributed by atoms with Gasteiger partial charge in [0.25, 0.3) is 0 Å². The molecule has 1 aliphatic heterocycles. The normalized spacial score (nSPS) is 16.1. The summed E-state index contributed by atoms with van der Waals surface area (Å²) >= 11 is 7.01. The van der Waals surface area contributed by atoms with E-state index in [1.807, 2.05) is 66.7 Å². The maximum atomic E-state index is 13.3. The summed E-state index contributed by atoms with van der Waals surface area (Å²) in [6.07, 6.45) is 1.96. The molecule has 5 heteroatoms. The van der Waals surface area contributed by atoms with Crippen molar-refractivity contribution in [2.75, 3.05) is 45.9 Å². The number of rotatable bonds is 9. The van der Waals surface area contributed by atoms with Crippen LogP contribution >= 0.6 is 11.6 Å². The average molecular weight is 441 g/mol. The van der Waals surface area contributed by atoms with Crippen molar-refractivity contribution in [2.45, 2.75) is 18.7 Å². The van der Waals surface area contributed by atoms with Gasteiger partial charge < -0.3 is 9.64 Å². The van der Waals surface area contributed by atoms with Crippen LogP contribution in [0.1, 0.15) is 25.0 Å². The van der Waals surface area contributed by atoms with Crippen molar-refractivity contribution in [3.8, 4) is 0 Å². The molecule has 0 saturated carbocycles. The number of ether oxygens (including phenoxy) is 1. The summed E-state index contributed by atoms with van der Waals surface area (Å²) in [4.78, 5) is 16.8. The Labute approximate surface area is 191 Å². The van der Waals surface area contributed by atoms with Gasteiger partial charge in [-0.2, -0.15) is 0 Å². The van der Waals surface area contributed by atoms with E-state index < -0.39 is 10.8 Å². The number of halogens is 1. The Bertz CT molecular complexity index is 807. The molecule has 0 unspecified atom stereocenters. The van der Waals surface area contributed by atoms with Crippen LogP contribution in [-0.2, 0) is 14.4 Å². The molecular weight excluding hydrogens is 408 g/mol. The van der Waals surface area contributed by atoms with E-state index in [0.29, 0.717) is 17.7 Å². The fraction of sp³-hybridized carbons (Fsp3) is 0.423. The van der Waals surface area contributed by atoms with E-state index in [1.165, 1.54) is 0 Å². The van der Waals surface area contributed by atoms with Gasteiger partial charge in [0.1, 0.15) is 0 Å². The average Bonchev–Trinajstić information content (AvgIpc) is 2.79. The van der Waals surface area contributed by atoms with E-state index >= 15 is 0 Å². The molecule has 0 spiro atoms. The molecule has 0 aromatic heterocycles. The predicted molar refractivity (Wildman–Crippen MR) is 127 cm³/mol. The molecule has 1 fully saturated rings. The van der Waals surface area contributed by atoms with Gasteiger partial charge in [-0.3, -0.25) is 4.90 Å². The summed E-state index contributed by atoms with van der Waals surface area (Å²) in [6, 6.07) is 18.9. The number of carbonyl (C=O) groups excluding carboxylic acids is 1. The minimum atomic E-state index is -1.37. The summed E-state index contributed by atoms with van der Waals surface area (Å²) in [5.74, 6) is -0.435. The third-order valence-electron chi connectivity index (χ3n) is 5.72. The lowest BCUT2D eigenvalue weighted by molar-refractivity contribution is -0.149. The third-order valence-corrected chi connectivity index (χ3v) is 6.31. The minimum absolute atomic E-state index is 0.179. The second-order valence-electron chi connectivity index (χ2n) is 9.00. The zero-order chi connectivity index (χ0) is 22.3. The molecule has 0 aliphatic carbocycles. The molecule has 0 amide bonds. The number of nitrogens with zero attached hydrogens (tertiary/aromatic N) is 2. The van der Waals surface area contributed by atoms with Crippen LogP contribution in [0.5, 0.6) is 0 Å². The van der Waals surface area contributed by atoms with Crippen LogP contribution in [0.15, 0.2) is 73.3 Å². The Hall–Kier alpha value is -2.14. The van der Waals surface area contributed by atoms with Crippen LogP contribution in [0.25, 0.3) is 0 Å². The van der Waals surface area contributed by atoms with Crippen molar-refractivity contribution < 1.29 is 9.53 Å². The molecule has 1 aliphatic rings. The fourth-order valence-corrected chi connectivity index (χ4v) is 4.37. The van der Waals surface area contributed by atoms with E-state index in [9.17, 15) is 4.79 Å². The van der Waals surface area contributed by atoms with Crippen LogP contribution in [0.3, 0.4) is 0 Å². The second kappa shape index (κ2) is 10.4. The number of hydrogen-bond acceptors (Lipinski definition) is 4. The zero-order valence-electron chi connectivity index (χ0n) is 18.6. The van der Waals surface area contributed by atoms with Gasteiger partial charge in [0, 0.05) is 44.7 Å². The summed E-state index contributed by atoms with van der Waals surface area (Å²) in [5, 5.41) is 0. The third kappa shape index (κ3) is 5.97. The van der Waals surface area contributed by atoms with Crippen molar-refractivity contribution in [3.05, 3.63) is 84.4 Å². The number of alkyl halides is 1. The Balaban J connectivity index is 1.66. The van der Waals surface area contributed by atoms with Crippen molar-refractivity contribution >= 4 is 17.6 Å². The Morgan fingerprint density at radius 3 is 1.94 bits per heavy atom. The molecule has 2 aromatic carbocycles. The lowest BCUT2D eigenvalue weighted by Crippen LogP contribution is -2.49. The number of piperazine rings is 1.